The molecule has 1 aliphatic rings. The SMILES string of the molecule is C=C1C(=O)OC[C@H]1[C@@H](O)/C=C(\C)CC(=O)C=C(C)C. The standard InChI is InChI=1S/C15H20O4/c1-9(2)5-12(16)6-10(3)7-14(17)13-8-19-15(18)11(13)4/h5,7,13-14,17H,4,6,8H2,1-3H3/b10-7+/t13-,14+/m1/s1. The first-order chi connectivity index (χ1) is 8.81. The molecule has 0 unspecified atom stereocenters. The molecule has 104 valence electrons. The van der Waals surface area contributed by atoms with Crippen LogP contribution in [-0.2, 0) is 14.3 Å². The maximum absolute atomic E-state index is 11.6. The molecule has 1 rings (SSSR count). The van der Waals surface area contributed by atoms with Crippen LogP contribution in [0.1, 0.15) is 27.2 Å². The van der Waals surface area contributed by atoms with Crippen molar-refractivity contribution in [1.82, 2.24) is 0 Å². The summed E-state index contributed by atoms with van der Waals surface area (Å²) in [5.74, 6) is -0.879. The summed E-state index contributed by atoms with van der Waals surface area (Å²) in [5, 5.41) is 10.0. The van der Waals surface area contributed by atoms with Gasteiger partial charge in [0, 0.05) is 12.0 Å². The molecule has 1 saturated heterocycles. The van der Waals surface area contributed by atoms with Crippen molar-refractivity contribution < 1.29 is 19.4 Å². The van der Waals surface area contributed by atoms with Crippen LogP contribution in [0.25, 0.3) is 0 Å². The maximum atomic E-state index is 11.6. The lowest BCUT2D eigenvalue weighted by Gasteiger charge is -2.13. The van der Waals surface area contributed by atoms with E-state index >= 15 is 0 Å². The van der Waals surface area contributed by atoms with Crippen molar-refractivity contribution >= 4 is 11.8 Å². The molecule has 0 amide bonds. The van der Waals surface area contributed by atoms with Crippen molar-refractivity contribution in [2.45, 2.75) is 33.3 Å². The molecule has 0 aromatic rings. The predicted molar refractivity (Wildman–Crippen MR) is 72.4 cm³/mol. The van der Waals surface area contributed by atoms with Gasteiger partial charge in [-0.15, -0.1) is 0 Å². The van der Waals surface area contributed by atoms with Crippen LogP contribution < -0.4 is 0 Å². The van der Waals surface area contributed by atoms with Crippen molar-refractivity contribution in [3.8, 4) is 0 Å². The lowest BCUT2D eigenvalue weighted by Crippen LogP contribution is -2.20. The highest BCUT2D eigenvalue weighted by Crippen LogP contribution is 2.24. The van der Waals surface area contributed by atoms with Gasteiger partial charge in [0.2, 0.25) is 0 Å². The Labute approximate surface area is 113 Å². The van der Waals surface area contributed by atoms with E-state index in [-0.39, 0.29) is 24.4 Å². The number of cyclic esters (lactones) is 1. The van der Waals surface area contributed by atoms with Gasteiger partial charge in [-0.25, -0.2) is 4.79 Å². The Morgan fingerprint density at radius 1 is 1.53 bits per heavy atom. The summed E-state index contributed by atoms with van der Waals surface area (Å²) < 4.78 is 4.81. The van der Waals surface area contributed by atoms with Gasteiger partial charge in [0.15, 0.2) is 5.78 Å². The van der Waals surface area contributed by atoms with Gasteiger partial charge in [-0.1, -0.05) is 23.8 Å². The van der Waals surface area contributed by atoms with Gasteiger partial charge in [0.05, 0.1) is 12.0 Å². The second-order valence-electron chi connectivity index (χ2n) is 5.10. The number of hydrogen-bond donors (Lipinski definition) is 1. The smallest absolute Gasteiger partial charge is 0.333 e. The molecule has 0 radical (unpaired) electrons. The third-order valence-electron chi connectivity index (χ3n) is 2.87. The summed E-state index contributed by atoms with van der Waals surface area (Å²) in [6.45, 7) is 9.24. The van der Waals surface area contributed by atoms with E-state index in [2.05, 4.69) is 6.58 Å². The molecular formula is C15H20O4. The minimum atomic E-state index is -0.849. The van der Waals surface area contributed by atoms with E-state index in [4.69, 9.17) is 4.74 Å². The van der Waals surface area contributed by atoms with Gasteiger partial charge in [-0.2, -0.15) is 0 Å². The number of esters is 1. The predicted octanol–water partition coefficient (Wildman–Crippen LogP) is 1.95. The van der Waals surface area contributed by atoms with Gasteiger partial charge >= 0.3 is 5.97 Å². The minimum absolute atomic E-state index is 0.00137. The zero-order chi connectivity index (χ0) is 14.6. The first kappa shape index (κ1) is 15.4. The minimum Gasteiger partial charge on any atom is -0.462 e. The second kappa shape index (κ2) is 6.48. The van der Waals surface area contributed by atoms with Crippen molar-refractivity contribution in [3.63, 3.8) is 0 Å². The number of aliphatic hydroxyl groups excluding tert-OH is 1. The molecule has 0 saturated carbocycles. The highest BCUT2D eigenvalue weighted by atomic mass is 16.5. The normalized spacial score (nSPS) is 21.1. The Kier molecular flexibility index (Phi) is 5.24. The second-order valence-corrected chi connectivity index (χ2v) is 5.10. The number of carbonyl (C=O) groups excluding carboxylic acids is 2. The molecule has 19 heavy (non-hydrogen) atoms. The van der Waals surface area contributed by atoms with Gasteiger partial charge in [-0.05, 0) is 26.8 Å². The van der Waals surface area contributed by atoms with Crippen molar-refractivity contribution in [2.75, 3.05) is 6.61 Å². The van der Waals surface area contributed by atoms with Crippen LogP contribution in [0.4, 0.5) is 0 Å². The molecule has 1 N–H and O–H groups in total. The number of carbonyl (C=O) groups is 2. The summed E-state index contributed by atoms with van der Waals surface area (Å²) >= 11 is 0. The molecular weight excluding hydrogens is 244 g/mol. The van der Waals surface area contributed by atoms with Crippen molar-refractivity contribution in [2.24, 2.45) is 5.92 Å². The Balaban J connectivity index is 2.64. The van der Waals surface area contributed by atoms with Crippen molar-refractivity contribution in [3.05, 3.63) is 35.5 Å². The number of ketones is 1. The number of allylic oxidation sites excluding steroid dienone is 3. The quantitative estimate of drug-likeness (QED) is 0.468. The Morgan fingerprint density at radius 3 is 2.63 bits per heavy atom. The van der Waals surface area contributed by atoms with Crippen LogP contribution in [0.3, 0.4) is 0 Å². The zero-order valence-electron chi connectivity index (χ0n) is 11.6. The lowest BCUT2D eigenvalue weighted by atomic mass is 9.95. The van der Waals surface area contributed by atoms with Crippen LogP contribution in [0.5, 0.6) is 0 Å². The van der Waals surface area contributed by atoms with E-state index in [9.17, 15) is 14.7 Å². The summed E-state index contributed by atoms with van der Waals surface area (Å²) in [6.07, 6.45) is 2.58. The molecule has 0 bridgehead atoms. The highest BCUT2D eigenvalue weighted by Gasteiger charge is 2.33. The zero-order valence-corrected chi connectivity index (χ0v) is 11.6. The Hall–Kier alpha value is -1.68. The summed E-state index contributed by atoms with van der Waals surface area (Å²) in [4.78, 5) is 22.7. The van der Waals surface area contributed by atoms with Gasteiger partial charge in [-0.3, -0.25) is 4.79 Å². The van der Waals surface area contributed by atoms with E-state index in [1.165, 1.54) is 0 Å². The average Bonchev–Trinajstić information content (AvgIpc) is 2.57. The van der Waals surface area contributed by atoms with E-state index in [1.807, 2.05) is 13.8 Å². The molecule has 1 fully saturated rings. The van der Waals surface area contributed by atoms with Gasteiger partial charge in [0.1, 0.15) is 6.61 Å². The molecule has 0 aliphatic carbocycles. The summed E-state index contributed by atoms with van der Waals surface area (Å²) in [7, 11) is 0. The van der Waals surface area contributed by atoms with Crippen LogP contribution >= 0.6 is 0 Å². The van der Waals surface area contributed by atoms with E-state index < -0.39 is 18.0 Å². The third-order valence-corrected chi connectivity index (χ3v) is 2.87. The first-order valence-corrected chi connectivity index (χ1v) is 6.20. The Morgan fingerprint density at radius 2 is 2.16 bits per heavy atom. The molecule has 1 heterocycles. The molecule has 2 atom stereocenters. The molecule has 0 aromatic carbocycles. The average molecular weight is 264 g/mol. The molecule has 4 nitrogen and oxygen atoms in total. The molecule has 0 aromatic heterocycles. The summed E-state index contributed by atoms with van der Waals surface area (Å²) in [6, 6.07) is 0. The topological polar surface area (TPSA) is 63.6 Å². The number of aliphatic hydroxyl groups is 1. The van der Waals surface area contributed by atoms with Crippen molar-refractivity contribution in [1.29, 1.82) is 0 Å². The van der Waals surface area contributed by atoms with Gasteiger partial charge in [0.25, 0.3) is 0 Å². The van der Waals surface area contributed by atoms with Crippen LogP contribution in [0.2, 0.25) is 0 Å². The van der Waals surface area contributed by atoms with E-state index in [0.717, 1.165) is 11.1 Å². The third kappa shape index (κ3) is 4.48. The fourth-order valence-electron chi connectivity index (χ4n) is 1.93. The largest absolute Gasteiger partial charge is 0.462 e. The fourth-order valence-corrected chi connectivity index (χ4v) is 1.93. The van der Waals surface area contributed by atoms with E-state index in [1.54, 1.807) is 19.1 Å². The molecule has 4 heteroatoms. The Bertz CT molecular complexity index is 453. The first-order valence-electron chi connectivity index (χ1n) is 6.20. The molecule has 0 spiro atoms. The van der Waals surface area contributed by atoms with E-state index in [0.29, 0.717) is 0 Å². The van der Waals surface area contributed by atoms with Crippen LogP contribution in [-0.4, -0.2) is 29.6 Å². The lowest BCUT2D eigenvalue weighted by molar-refractivity contribution is -0.135. The monoisotopic (exact) mass is 264 g/mol. The highest BCUT2D eigenvalue weighted by molar-refractivity contribution is 5.92. The molecule has 1 aliphatic heterocycles. The number of ether oxygens (including phenoxy) is 1. The van der Waals surface area contributed by atoms with Crippen LogP contribution in [0, 0.1) is 5.92 Å². The number of rotatable bonds is 5. The summed E-state index contributed by atoms with van der Waals surface area (Å²) in [5.41, 5.74) is 2.00. The van der Waals surface area contributed by atoms with Crippen LogP contribution in [0.15, 0.2) is 35.5 Å². The number of hydrogen-bond acceptors (Lipinski definition) is 4. The maximum Gasteiger partial charge on any atom is 0.333 e. The fraction of sp³-hybridized carbons (Fsp3) is 0.467. The van der Waals surface area contributed by atoms with Gasteiger partial charge < -0.3 is 9.84 Å².